The van der Waals surface area contributed by atoms with E-state index in [-0.39, 0.29) is 17.6 Å². The van der Waals surface area contributed by atoms with Crippen LogP contribution in [0.4, 0.5) is 0 Å². The Morgan fingerprint density at radius 3 is 2.57 bits per heavy atom. The van der Waals surface area contributed by atoms with Crippen molar-refractivity contribution in [3.8, 4) is 0 Å². The van der Waals surface area contributed by atoms with Crippen molar-refractivity contribution >= 4 is 15.9 Å². The highest BCUT2D eigenvalue weighted by Crippen LogP contribution is 2.32. The van der Waals surface area contributed by atoms with Crippen LogP contribution in [0.5, 0.6) is 0 Å². The fraction of sp³-hybridized carbons (Fsp3) is 0.533. The molecule has 1 atom stereocenters. The average Bonchev–Trinajstić information content (AvgIpc) is 3.21. The molecule has 1 N–H and O–H groups in total. The van der Waals surface area contributed by atoms with E-state index in [4.69, 9.17) is 0 Å². The molecule has 1 saturated carbocycles. The van der Waals surface area contributed by atoms with Crippen LogP contribution >= 0.6 is 0 Å². The first-order valence-electron chi connectivity index (χ1n) is 7.34. The summed E-state index contributed by atoms with van der Waals surface area (Å²) < 4.78 is 26.8. The SMILES string of the molecule is O=C1CC(CNS(=O)(=O)Cc2ccccc2)CN1C1CC1. The van der Waals surface area contributed by atoms with Crippen molar-refractivity contribution < 1.29 is 13.2 Å². The van der Waals surface area contributed by atoms with Gasteiger partial charge in [-0.3, -0.25) is 4.79 Å². The van der Waals surface area contributed by atoms with Gasteiger partial charge in [-0.25, -0.2) is 13.1 Å². The van der Waals surface area contributed by atoms with Gasteiger partial charge in [-0.1, -0.05) is 30.3 Å². The predicted octanol–water partition coefficient (Wildman–Crippen LogP) is 1.12. The molecule has 2 fully saturated rings. The average molecular weight is 308 g/mol. The second-order valence-corrected chi connectivity index (χ2v) is 7.75. The molecule has 114 valence electrons. The Morgan fingerprint density at radius 2 is 1.90 bits per heavy atom. The summed E-state index contributed by atoms with van der Waals surface area (Å²) in [6, 6.07) is 9.53. The first-order chi connectivity index (χ1) is 10.0. The molecule has 0 bridgehead atoms. The molecule has 1 heterocycles. The molecule has 0 radical (unpaired) electrons. The van der Waals surface area contributed by atoms with Gasteiger partial charge in [0.05, 0.1) is 5.75 Å². The predicted molar refractivity (Wildman–Crippen MR) is 79.9 cm³/mol. The molecule has 1 unspecified atom stereocenters. The first kappa shape index (κ1) is 14.5. The minimum absolute atomic E-state index is 0.0130. The molecule has 21 heavy (non-hydrogen) atoms. The van der Waals surface area contributed by atoms with Crippen molar-refractivity contribution in [2.45, 2.75) is 31.1 Å². The summed E-state index contributed by atoms with van der Waals surface area (Å²) in [6.07, 6.45) is 2.65. The highest BCUT2D eigenvalue weighted by molar-refractivity contribution is 7.88. The molecular formula is C15H20N2O3S. The third-order valence-electron chi connectivity index (χ3n) is 4.02. The van der Waals surface area contributed by atoms with Gasteiger partial charge in [0, 0.05) is 25.6 Å². The highest BCUT2D eigenvalue weighted by atomic mass is 32.2. The Morgan fingerprint density at radius 1 is 1.19 bits per heavy atom. The molecule has 6 heteroatoms. The number of rotatable bonds is 6. The van der Waals surface area contributed by atoms with Crippen LogP contribution in [0.25, 0.3) is 0 Å². The molecule has 1 amide bonds. The Labute approximate surface area is 125 Å². The number of hydrogen-bond acceptors (Lipinski definition) is 3. The number of nitrogens with one attached hydrogen (secondary N) is 1. The van der Waals surface area contributed by atoms with Crippen LogP contribution in [0.1, 0.15) is 24.8 Å². The molecule has 2 aliphatic rings. The number of amides is 1. The zero-order valence-corrected chi connectivity index (χ0v) is 12.7. The Bertz CT molecular complexity index is 611. The molecule has 0 spiro atoms. The van der Waals surface area contributed by atoms with Crippen LogP contribution < -0.4 is 4.72 Å². The van der Waals surface area contributed by atoms with Crippen molar-refractivity contribution in [3.63, 3.8) is 0 Å². The van der Waals surface area contributed by atoms with Gasteiger partial charge in [0.2, 0.25) is 15.9 Å². The van der Waals surface area contributed by atoms with E-state index in [9.17, 15) is 13.2 Å². The van der Waals surface area contributed by atoms with Crippen molar-refractivity contribution in [1.82, 2.24) is 9.62 Å². The van der Waals surface area contributed by atoms with E-state index >= 15 is 0 Å². The van der Waals surface area contributed by atoms with Gasteiger partial charge in [-0.05, 0) is 24.3 Å². The molecule has 1 aliphatic heterocycles. The van der Waals surface area contributed by atoms with E-state index < -0.39 is 10.0 Å². The first-order valence-corrected chi connectivity index (χ1v) is 8.99. The molecular weight excluding hydrogens is 288 g/mol. The molecule has 0 aromatic heterocycles. The highest BCUT2D eigenvalue weighted by Gasteiger charge is 2.39. The second kappa shape index (κ2) is 5.77. The van der Waals surface area contributed by atoms with Crippen LogP contribution in [0.3, 0.4) is 0 Å². The topological polar surface area (TPSA) is 66.5 Å². The van der Waals surface area contributed by atoms with Gasteiger partial charge in [-0.2, -0.15) is 0 Å². The van der Waals surface area contributed by atoms with E-state index in [1.807, 2.05) is 23.1 Å². The normalized spacial score (nSPS) is 22.8. The minimum Gasteiger partial charge on any atom is -0.339 e. The van der Waals surface area contributed by atoms with E-state index in [0.717, 1.165) is 18.4 Å². The maximum Gasteiger partial charge on any atom is 0.223 e. The van der Waals surface area contributed by atoms with Gasteiger partial charge in [-0.15, -0.1) is 0 Å². The van der Waals surface area contributed by atoms with Crippen molar-refractivity contribution in [1.29, 1.82) is 0 Å². The Hall–Kier alpha value is -1.40. The summed E-state index contributed by atoms with van der Waals surface area (Å²) >= 11 is 0. The lowest BCUT2D eigenvalue weighted by Gasteiger charge is -2.15. The fourth-order valence-electron chi connectivity index (χ4n) is 2.77. The van der Waals surface area contributed by atoms with E-state index in [1.165, 1.54) is 0 Å². The molecule has 5 nitrogen and oxygen atoms in total. The molecule has 1 aliphatic carbocycles. The minimum atomic E-state index is -3.34. The van der Waals surface area contributed by atoms with Crippen LogP contribution in [-0.4, -0.2) is 38.4 Å². The fourth-order valence-corrected chi connectivity index (χ4v) is 4.00. The summed E-state index contributed by atoms with van der Waals surface area (Å²) in [4.78, 5) is 13.7. The maximum atomic E-state index is 12.1. The Kier molecular flexibility index (Phi) is 3.99. The summed E-state index contributed by atoms with van der Waals surface area (Å²) in [6.45, 7) is 1.04. The van der Waals surface area contributed by atoms with E-state index in [2.05, 4.69) is 4.72 Å². The van der Waals surface area contributed by atoms with Gasteiger partial charge in [0.25, 0.3) is 0 Å². The van der Waals surface area contributed by atoms with Crippen LogP contribution in [0, 0.1) is 5.92 Å². The summed E-state index contributed by atoms with van der Waals surface area (Å²) in [7, 11) is -3.34. The zero-order valence-electron chi connectivity index (χ0n) is 11.9. The number of nitrogens with zero attached hydrogens (tertiary/aromatic N) is 1. The van der Waals surface area contributed by atoms with Crippen molar-refractivity contribution in [2.75, 3.05) is 13.1 Å². The standard InChI is InChI=1S/C15H20N2O3S/c18-15-8-13(10-17(15)14-6-7-14)9-16-21(19,20)11-12-4-2-1-3-5-12/h1-5,13-14,16H,6-11H2. The number of sulfonamides is 1. The van der Waals surface area contributed by atoms with Gasteiger partial charge in [0.15, 0.2) is 0 Å². The molecule has 1 aromatic rings. The third-order valence-corrected chi connectivity index (χ3v) is 5.34. The number of carbonyl (C=O) groups is 1. The maximum absolute atomic E-state index is 12.1. The monoisotopic (exact) mass is 308 g/mol. The summed E-state index contributed by atoms with van der Waals surface area (Å²) in [5.74, 6) is 0.259. The zero-order chi connectivity index (χ0) is 14.9. The molecule has 1 aromatic carbocycles. The van der Waals surface area contributed by atoms with Crippen LogP contribution in [0.2, 0.25) is 0 Å². The molecule has 1 saturated heterocycles. The quantitative estimate of drug-likeness (QED) is 0.856. The van der Waals surface area contributed by atoms with Gasteiger partial charge < -0.3 is 4.90 Å². The van der Waals surface area contributed by atoms with Gasteiger partial charge >= 0.3 is 0 Å². The molecule has 3 rings (SSSR count). The third kappa shape index (κ3) is 3.83. The second-order valence-electron chi connectivity index (χ2n) is 5.94. The smallest absolute Gasteiger partial charge is 0.223 e. The van der Waals surface area contributed by atoms with E-state index in [1.54, 1.807) is 12.1 Å². The lowest BCUT2D eigenvalue weighted by molar-refractivity contribution is -0.128. The van der Waals surface area contributed by atoms with Crippen molar-refractivity contribution in [3.05, 3.63) is 35.9 Å². The van der Waals surface area contributed by atoms with Crippen LogP contribution in [0.15, 0.2) is 30.3 Å². The van der Waals surface area contributed by atoms with Gasteiger partial charge in [0.1, 0.15) is 0 Å². The van der Waals surface area contributed by atoms with Crippen LogP contribution in [-0.2, 0) is 20.6 Å². The lowest BCUT2D eigenvalue weighted by atomic mass is 10.1. The number of benzene rings is 1. The summed E-state index contributed by atoms with van der Waals surface area (Å²) in [5, 5.41) is 0. The Balaban J connectivity index is 1.51. The van der Waals surface area contributed by atoms with E-state index in [0.29, 0.717) is 25.6 Å². The van der Waals surface area contributed by atoms with Crippen molar-refractivity contribution in [2.24, 2.45) is 5.92 Å². The number of likely N-dealkylation sites (tertiary alicyclic amines) is 1. The number of hydrogen-bond donors (Lipinski definition) is 1. The largest absolute Gasteiger partial charge is 0.339 e. The number of carbonyl (C=O) groups excluding carboxylic acids is 1. The summed E-state index contributed by atoms with van der Waals surface area (Å²) in [5.41, 5.74) is 0.770. The lowest BCUT2D eigenvalue weighted by Crippen LogP contribution is -2.32.